The highest BCUT2D eigenvalue weighted by molar-refractivity contribution is 5.81. The van der Waals surface area contributed by atoms with Crippen molar-refractivity contribution >= 4 is 11.0 Å². The van der Waals surface area contributed by atoms with Gasteiger partial charge in [0.05, 0.1) is 0 Å². The fourth-order valence-electron chi connectivity index (χ4n) is 2.74. The Morgan fingerprint density at radius 2 is 1.92 bits per heavy atom. The molecular formula is C20H16N2O4. The Bertz CT molecular complexity index is 1100. The van der Waals surface area contributed by atoms with Crippen molar-refractivity contribution in [3.63, 3.8) is 0 Å². The summed E-state index contributed by atoms with van der Waals surface area (Å²) in [5, 5.41) is 4.85. The molecule has 6 nitrogen and oxygen atoms in total. The van der Waals surface area contributed by atoms with Crippen LogP contribution in [-0.4, -0.2) is 10.1 Å². The van der Waals surface area contributed by atoms with Gasteiger partial charge in [0.25, 0.3) is 5.89 Å². The zero-order chi connectivity index (χ0) is 17.9. The SMILES string of the molecule is Cc1cc(=O)oc2cc(OCc3nc(Cc4ccccc4)no3)ccc12. The molecule has 0 saturated carbocycles. The predicted octanol–water partition coefficient (Wildman–Crippen LogP) is 3.65. The average Bonchev–Trinajstić information content (AvgIpc) is 3.08. The molecule has 0 N–H and O–H groups in total. The molecule has 2 aromatic heterocycles. The van der Waals surface area contributed by atoms with E-state index in [9.17, 15) is 4.79 Å². The van der Waals surface area contributed by atoms with Gasteiger partial charge in [-0.3, -0.25) is 0 Å². The first-order chi connectivity index (χ1) is 12.7. The monoisotopic (exact) mass is 348 g/mol. The summed E-state index contributed by atoms with van der Waals surface area (Å²) in [5.41, 5.74) is 2.09. The Morgan fingerprint density at radius 1 is 1.08 bits per heavy atom. The molecule has 2 heterocycles. The van der Waals surface area contributed by atoms with Gasteiger partial charge in [-0.2, -0.15) is 4.98 Å². The van der Waals surface area contributed by atoms with Gasteiger partial charge in [0, 0.05) is 23.9 Å². The molecular weight excluding hydrogens is 332 g/mol. The third-order valence-corrected chi connectivity index (χ3v) is 4.00. The maximum absolute atomic E-state index is 11.5. The van der Waals surface area contributed by atoms with Gasteiger partial charge in [-0.05, 0) is 30.2 Å². The third kappa shape index (κ3) is 3.49. The Kier molecular flexibility index (Phi) is 4.23. The molecule has 0 saturated heterocycles. The maximum atomic E-state index is 11.5. The molecule has 0 bridgehead atoms. The summed E-state index contributed by atoms with van der Waals surface area (Å²) in [6.07, 6.45) is 0.602. The predicted molar refractivity (Wildman–Crippen MR) is 95.1 cm³/mol. The number of hydrogen-bond acceptors (Lipinski definition) is 6. The van der Waals surface area contributed by atoms with E-state index in [1.54, 1.807) is 6.07 Å². The molecule has 0 aliphatic carbocycles. The number of benzene rings is 2. The highest BCUT2D eigenvalue weighted by atomic mass is 16.5. The smallest absolute Gasteiger partial charge is 0.336 e. The molecule has 0 fully saturated rings. The lowest BCUT2D eigenvalue weighted by Crippen LogP contribution is -1.99. The second kappa shape index (κ2) is 6.84. The quantitative estimate of drug-likeness (QED) is 0.512. The van der Waals surface area contributed by atoms with Crippen LogP contribution in [0.2, 0.25) is 0 Å². The summed E-state index contributed by atoms with van der Waals surface area (Å²) >= 11 is 0. The van der Waals surface area contributed by atoms with Crippen molar-refractivity contribution in [2.75, 3.05) is 0 Å². The van der Waals surface area contributed by atoms with Crippen LogP contribution in [-0.2, 0) is 13.0 Å². The van der Waals surface area contributed by atoms with Gasteiger partial charge >= 0.3 is 5.63 Å². The van der Waals surface area contributed by atoms with Crippen molar-refractivity contribution in [2.24, 2.45) is 0 Å². The molecule has 0 radical (unpaired) electrons. The number of fused-ring (bicyclic) bond motifs is 1. The van der Waals surface area contributed by atoms with Crippen LogP contribution in [0.3, 0.4) is 0 Å². The van der Waals surface area contributed by atoms with Crippen LogP contribution in [0.1, 0.15) is 22.8 Å². The number of hydrogen-bond donors (Lipinski definition) is 0. The molecule has 4 rings (SSSR count). The van der Waals surface area contributed by atoms with Crippen LogP contribution in [0.15, 0.2) is 68.3 Å². The number of aryl methyl sites for hydroxylation is 1. The van der Waals surface area contributed by atoms with Gasteiger partial charge < -0.3 is 13.7 Å². The summed E-state index contributed by atoms with van der Waals surface area (Å²) in [6.45, 7) is 2.01. The van der Waals surface area contributed by atoms with Gasteiger partial charge in [0.2, 0.25) is 0 Å². The second-order valence-electron chi connectivity index (χ2n) is 5.96. The first-order valence-corrected chi connectivity index (χ1v) is 8.20. The normalized spacial score (nSPS) is 11.0. The largest absolute Gasteiger partial charge is 0.484 e. The van der Waals surface area contributed by atoms with Gasteiger partial charge in [0.1, 0.15) is 11.3 Å². The van der Waals surface area contributed by atoms with Crippen LogP contribution < -0.4 is 10.4 Å². The lowest BCUT2D eigenvalue weighted by molar-refractivity contribution is 0.242. The van der Waals surface area contributed by atoms with Crippen molar-refractivity contribution in [3.05, 3.63) is 87.9 Å². The van der Waals surface area contributed by atoms with E-state index >= 15 is 0 Å². The summed E-state index contributed by atoms with van der Waals surface area (Å²) in [6, 6.07) is 16.8. The lowest BCUT2D eigenvalue weighted by atomic mass is 10.1. The van der Waals surface area contributed by atoms with Crippen molar-refractivity contribution in [3.8, 4) is 5.75 Å². The molecule has 2 aromatic carbocycles. The molecule has 6 heteroatoms. The number of ether oxygens (including phenoxy) is 1. The molecule has 130 valence electrons. The van der Waals surface area contributed by atoms with Crippen molar-refractivity contribution in [2.45, 2.75) is 20.0 Å². The van der Waals surface area contributed by atoms with E-state index in [4.69, 9.17) is 13.7 Å². The van der Waals surface area contributed by atoms with Crippen LogP contribution in [0, 0.1) is 6.92 Å². The van der Waals surface area contributed by atoms with Crippen LogP contribution >= 0.6 is 0 Å². The summed E-state index contributed by atoms with van der Waals surface area (Å²) in [7, 11) is 0. The average molecular weight is 348 g/mol. The molecule has 4 aromatic rings. The zero-order valence-electron chi connectivity index (χ0n) is 14.1. The minimum atomic E-state index is -0.380. The van der Waals surface area contributed by atoms with Crippen LogP contribution in [0.4, 0.5) is 0 Å². The van der Waals surface area contributed by atoms with Crippen LogP contribution in [0.25, 0.3) is 11.0 Å². The van der Waals surface area contributed by atoms with E-state index in [0.29, 0.717) is 29.5 Å². The van der Waals surface area contributed by atoms with E-state index in [2.05, 4.69) is 10.1 Å². The minimum Gasteiger partial charge on any atom is -0.484 e. The van der Waals surface area contributed by atoms with Gasteiger partial charge in [-0.1, -0.05) is 35.5 Å². The van der Waals surface area contributed by atoms with Crippen molar-refractivity contribution in [1.29, 1.82) is 0 Å². The minimum absolute atomic E-state index is 0.142. The molecule has 0 atom stereocenters. The first kappa shape index (κ1) is 16.1. The zero-order valence-corrected chi connectivity index (χ0v) is 14.1. The summed E-state index contributed by atoms with van der Waals surface area (Å²) < 4.78 is 16.1. The number of aromatic nitrogens is 2. The lowest BCUT2D eigenvalue weighted by Gasteiger charge is -2.05. The van der Waals surface area contributed by atoms with Gasteiger partial charge in [-0.15, -0.1) is 0 Å². The third-order valence-electron chi connectivity index (χ3n) is 4.00. The molecule has 26 heavy (non-hydrogen) atoms. The fraction of sp³-hybridized carbons (Fsp3) is 0.150. The highest BCUT2D eigenvalue weighted by Gasteiger charge is 2.09. The Balaban J connectivity index is 1.46. The number of nitrogens with zero attached hydrogens (tertiary/aromatic N) is 2. The molecule has 0 aliphatic heterocycles. The maximum Gasteiger partial charge on any atom is 0.336 e. The first-order valence-electron chi connectivity index (χ1n) is 8.20. The van der Waals surface area contributed by atoms with Crippen molar-refractivity contribution < 1.29 is 13.7 Å². The van der Waals surface area contributed by atoms with E-state index in [1.165, 1.54) is 6.07 Å². The molecule has 0 amide bonds. The second-order valence-corrected chi connectivity index (χ2v) is 5.96. The van der Waals surface area contributed by atoms with E-state index in [1.807, 2.05) is 49.4 Å². The van der Waals surface area contributed by atoms with E-state index in [-0.39, 0.29) is 12.2 Å². The van der Waals surface area contributed by atoms with Crippen LogP contribution in [0.5, 0.6) is 5.75 Å². The number of rotatable bonds is 5. The summed E-state index contributed by atoms with van der Waals surface area (Å²) in [4.78, 5) is 15.8. The molecule has 0 unspecified atom stereocenters. The van der Waals surface area contributed by atoms with Crippen molar-refractivity contribution in [1.82, 2.24) is 10.1 Å². The van der Waals surface area contributed by atoms with E-state index < -0.39 is 0 Å². The fourth-order valence-corrected chi connectivity index (χ4v) is 2.74. The highest BCUT2D eigenvalue weighted by Crippen LogP contribution is 2.22. The topological polar surface area (TPSA) is 78.4 Å². The van der Waals surface area contributed by atoms with Gasteiger partial charge in [-0.25, -0.2) is 4.79 Å². The Labute approximate surface area is 149 Å². The Morgan fingerprint density at radius 3 is 2.77 bits per heavy atom. The van der Waals surface area contributed by atoms with Gasteiger partial charge in [0.15, 0.2) is 12.4 Å². The molecule has 0 aliphatic rings. The summed E-state index contributed by atoms with van der Waals surface area (Å²) in [5.74, 6) is 1.56. The van der Waals surface area contributed by atoms with E-state index in [0.717, 1.165) is 16.5 Å². The molecule has 0 spiro atoms. The standard InChI is InChI=1S/C20H16N2O4/c1-13-9-20(23)25-17-11-15(7-8-16(13)17)24-12-19-21-18(22-26-19)10-14-5-3-2-4-6-14/h2-9,11H,10,12H2,1H3. The Hall–Kier alpha value is -3.41.